The van der Waals surface area contributed by atoms with Crippen LogP contribution in [0.3, 0.4) is 0 Å². The number of benzene rings is 1. The van der Waals surface area contributed by atoms with Crippen LogP contribution in [0.1, 0.15) is 37.3 Å². The Bertz CT molecular complexity index is 1230. The first-order valence-corrected chi connectivity index (χ1v) is 12.1. The van der Waals surface area contributed by atoms with Gasteiger partial charge in [-0.2, -0.15) is 9.97 Å². The summed E-state index contributed by atoms with van der Waals surface area (Å²) in [6.45, 7) is 8.08. The fourth-order valence-electron chi connectivity index (χ4n) is 4.31. The lowest BCUT2D eigenvalue weighted by Crippen LogP contribution is -2.16. The molecule has 1 aromatic heterocycles. The predicted octanol–water partition coefficient (Wildman–Crippen LogP) is 5.41. The molecule has 5 rings (SSSR count). The molecule has 182 valence electrons. The molecule has 2 aliphatic carbocycles. The van der Waals surface area contributed by atoms with E-state index in [-0.39, 0.29) is 17.6 Å². The lowest BCUT2D eigenvalue weighted by Gasteiger charge is -2.14. The zero-order valence-electron chi connectivity index (χ0n) is 20.3. The molecule has 1 fully saturated rings. The monoisotopic (exact) mass is 474 g/mol. The minimum atomic E-state index is -0.388. The van der Waals surface area contributed by atoms with Crippen LogP contribution in [0.2, 0.25) is 0 Å². The van der Waals surface area contributed by atoms with Crippen LogP contribution in [0, 0.1) is 11.7 Å². The van der Waals surface area contributed by atoms with Crippen LogP contribution >= 0.6 is 0 Å². The van der Waals surface area contributed by atoms with Crippen LogP contribution in [0.15, 0.2) is 53.2 Å². The molecular formula is C27H31FN6O. The van der Waals surface area contributed by atoms with Gasteiger partial charge in [-0.25, -0.2) is 4.39 Å². The van der Waals surface area contributed by atoms with Gasteiger partial charge in [-0.3, -0.25) is 4.99 Å². The highest BCUT2D eigenvalue weighted by atomic mass is 19.1. The number of aromatic nitrogens is 2. The maximum absolute atomic E-state index is 15.1. The molecule has 0 bridgehead atoms. The number of fused-ring (bicyclic) bond motifs is 1. The molecule has 35 heavy (non-hydrogen) atoms. The molecule has 1 aliphatic heterocycles. The van der Waals surface area contributed by atoms with Crippen molar-refractivity contribution in [2.24, 2.45) is 10.9 Å². The minimum absolute atomic E-state index is 0.0725. The first-order valence-electron chi connectivity index (χ1n) is 12.1. The summed E-state index contributed by atoms with van der Waals surface area (Å²) in [5.74, 6) is 2.32. The molecule has 3 aliphatic rings. The third kappa shape index (κ3) is 5.53. The molecule has 8 heteroatoms. The Labute approximate surface area is 205 Å². The normalized spacial score (nSPS) is 16.3. The number of aliphatic imine (C=N–C) groups is 1. The number of allylic oxidation sites excluding steroid dienone is 1. The van der Waals surface area contributed by atoms with Gasteiger partial charge in [-0.1, -0.05) is 24.3 Å². The molecule has 7 nitrogen and oxygen atoms in total. The van der Waals surface area contributed by atoms with Gasteiger partial charge in [-0.05, 0) is 68.0 Å². The second kappa shape index (κ2) is 9.90. The fraction of sp³-hybridized carbons (Fsp3) is 0.370. The van der Waals surface area contributed by atoms with Gasteiger partial charge >= 0.3 is 6.01 Å². The first-order chi connectivity index (χ1) is 17.0. The van der Waals surface area contributed by atoms with E-state index in [4.69, 9.17) is 4.74 Å². The highest BCUT2D eigenvalue weighted by Gasteiger charge is 2.28. The van der Waals surface area contributed by atoms with Crippen LogP contribution in [0.5, 0.6) is 11.8 Å². The van der Waals surface area contributed by atoms with Crippen LogP contribution in [0.4, 0.5) is 16.0 Å². The zero-order chi connectivity index (χ0) is 24.4. The van der Waals surface area contributed by atoms with Crippen molar-refractivity contribution in [1.29, 1.82) is 0 Å². The molecule has 2 heterocycles. The Hall–Kier alpha value is -3.68. The molecule has 2 aromatic rings. The van der Waals surface area contributed by atoms with E-state index >= 15 is 4.39 Å². The Morgan fingerprint density at radius 2 is 2.06 bits per heavy atom. The molecule has 0 spiro atoms. The second-order valence-corrected chi connectivity index (χ2v) is 9.40. The standard InChI is InChI=1S/C27H31FN6O/c1-4-34(3)11-5-10-29-24-15-25(31-23-14-20(16-30-23)18-6-7-18)33-27(32-24)35-22-9-8-19-12-17(2)13-21(19)26(22)28/h4,8-9,13-15,18H,1,5-7,10-12,16H2,2-3H3,(H2,29,30,31,32,33). The van der Waals surface area contributed by atoms with Gasteiger partial charge in [0.1, 0.15) is 17.5 Å². The first kappa shape index (κ1) is 23.1. The summed E-state index contributed by atoms with van der Waals surface area (Å²) in [7, 11) is 1.99. The van der Waals surface area contributed by atoms with Gasteiger partial charge in [0.25, 0.3) is 0 Å². The van der Waals surface area contributed by atoms with Crippen molar-refractivity contribution in [3.05, 3.63) is 65.1 Å². The van der Waals surface area contributed by atoms with E-state index in [1.165, 1.54) is 18.4 Å². The highest BCUT2D eigenvalue weighted by Crippen LogP contribution is 2.38. The number of rotatable bonds is 10. The summed E-state index contributed by atoms with van der Waals surface area (Å²) in [6, 6.07) is 5.44. The van der Waals surface area contributed by atoms with Crippen molar-refractivity contribution < 1.29 is 9.13 Å². The molecule has 0 saturated heterocycles. The van der Waals surface area contributed by atoms with Crippen molar-refractivity contribution in [1.82, 2.24) is 14.9 Å². The highest BCUT2D eigenvalue weighted by molar-refractivity contribution is 6.05. The number of nitrogens with zero attached hydrogens (tertiary/aromatic N) is 4. The van der Waals surface area contributed by atoms with Gasteiger partial charge in [-0.15, -0.1) is 0 Å². The Morgan fingerprint density at radius 1 is 1.23 bits per heavy atom. The Kier molecular flexibility index (Phi) is 6.53. The van der Waals surface area contributed by atoms with Gasteiger partial charge in [0.2, 0.25) is 0 Å². The lowest BCUT2D eigenvalue weighted by atomic mass is 10.1. The third-order valence-corrected chi connectivity index (χ3v) is 6.42. The average Bonchev–Trinajstić information content (AvgIpc) is 3.47. The van der Waals surface area contributed by atoms with Crippen LogP contribution < -0.4 is 15.4 Å². The number of halogens is 1. The number of nitrogens with one attached hydrogen (secondary N) is 2. The number of anilines is 2. The Balaban J connectivity index is 1.35. The summed E-state index contributed by atoms with van der Waals surface area (Å²) in [4.78, 5) is 15.6. The van der Waals surface area contributed by atoms with Crippen molar-refractivity contribution >= 4 is 23.5 Å². The van der Waals surface area contributed by atoms with Crippen molar-refractivity contribution in [3.8, 4) is 11.8 Å². The third-order valence-electron chi connectivity index (χ3n) is 6.42. The van der Waals surface area contributed by atoms with E-state index < -0.39 is 0 Å². The summed E-state index contributed by atoms with van der Waals surface area (Å²) in [5, 5.41) is 6.60. The van der Waals surface area contributed by atoms with E-state index in [0.29, 0.717) is 29.7 Å². The number of amidine groups is 1. The van der Waals surface area contributed by atoms with E-state index in [1.807, 2.05) is 37.1 Å². The quantitative estimate of drug-likeness (QED) is 0.449. The van der Waals surface area contributed by atoms with E-state index in [0.717, 1.165) is 42.9 Å². The van der Waals surface area contributed by atoms with Gasteiger partial charge in [0, 0.05) is 31.8 Å². The maximum atomic E-state index is 15.1. The van der Waals surface area contributed by atoms with Crippen molar-refractivity contribution in [3.63, 3.8) is 0 Å². The van der Waals surface area contributed by atoms with Gasteiger partial charge in [0.15, 0.2) is 11.6 Å². The minimum Gasteiger partial charge on any atom is -0.421 e. The topological polar surface area (TPSA) is 74.7 Å². The largest absolute Gasteiger partial charge is 0.421 e. The van der Waals surface area contributed by atoms with E-state index in [1.54, 1.807) is 12.3 Å². The maximum Gasteiger partial charge on any atom is 0.326 e. The molecule has 2 N–H and O–H groups in total. The summed E-state index contributed by atoms with van der Waals surface area (Å²) in [6.07, 6.45) is 9.92. The lowest BCUT2D eigenvalue weighted by molar-refractivity contribution is 0.411. The average molecular weight is 475 g/mol. The van der Waals surface area contributed by atoms with Crippen LogP contribution in [-0.2, 0) is 6.42 Å². The molecule has 0 amide bonds. The number of hydrogen-bond acceptors (Lipinski definition) is 7. The molecular weight excluding hydrogens is 443 g/mol. The van der Waals surface area contributed by atoms with Crippen LogP contribution in [0.25, 0.3) is 6.08 Å². The fourth-order valence-corrected chi connectivity index (χ4v) is 4.31. The summed E-state index contributed by atoms with van der Waals surface area (Å²) < 4.78 is 21.0. The molecule has 1 saturated carbocycles. The van der Waals surface area contributed by atoms with Gasteiger partial charge in [0.05, 0.1) is 6.54 Å². The summed E-state index contributed by atoms with van der Waals surface area (Å²) >= 11 is 0. The van der Waals surface area contributed by atoms with Crippen LogP contribution in [-0.4, -0.2) is 47.4 Å². The Morgan fingerprint density at radius 3 is 2.86 bits per heavy atom. The zero-order valence-corrected chi connectivity index (χ0v) is 20.3. The number of hydrogen-bond donors (Lipinski definition) is 2. The summed E-state index contributed by atoms with van der Waals surface area (Å²) in [5.41, 5.74) is 4.04. The molecule has 0 radical (unpaired) electrons. The molecule has 0 atom stereocenters. The van der Waals surface area contributed by atoms with Gasteiger partial charge < -0.3 is 20.3 Å². The smallest absolute Gasteiger partial charge is 0.326 e. The van der Waals surface area contributed by atoms with Crippen molar-refractivity contribution in [2.75, 3.05) is 37.3 Å². The van der Waals surface area contributed by atoms with Crippen molar-refractivity contribution in [2.45, 2.75) is 32.6 Å². The van der Waals surface area contributed by atoms with E-state index in [2.05, 4.69) is 38.2 Å². The second-order valence-electron chi connectivity index (χ2n) is 9.40. The van der Waals surface area contributed by atoms with E-state index in [9.17, 15) is 0 Å². The number of ether oxygens (including phenoxy) is 1. The molecule has 1 aromatic carbocycles. The predicted molar refractivity (Wildman–Crippen MR) is 139 cm³/mol. The SMILES string of the molecule is C=CN(C)CCCNc1cc(NC2=NCC(C3CC3)=C2)nc(Oc2ccc3c(c2F)C=C(C)C3)n1. The molecule has 0 unspecified atom stereocenters.